The summed E-state index contributed by atoms with van der Waals surface area (Å²) in [5.41, 5.74) is 4.45. The van der Waals surface area contributed by atoms with E-state index in [-0.39, 0.29) is 0 Å². The van der Waals surface area contributed by atoms with Crippen molar-refractivity contribution in [1.29, 1.82) is 0 Å². The predicted octanol–water partition coefficient (Wildman–Crippen LogP) is 3.25. The molecule has 0 spiro atoms. The zero-order chi connectivity index (χ0) is 18.9. The van der Waals surface area contributed by atoms with E-state index in [1.165, 1.54) is 11.1 Å². The van der Waals surface area contributed by atoms with Crippen molar-refractivity contribution >= 4 is 0 Å². The van der Waals surface area contributed by atoms with Crippen LogP contribution in [0.4, 0.5) is 0 Å². The van der Waals surface area contributed by atoms with Gasteiger partial charge < -0.3 is 15.2 Å². The third kappa shape index (κ3) is 3.61. The zero-order valence-corrected chi connectivity index (χ0v) is 15.8. The minimum atomic E-state index is -0.894. The maximum absolute atomic E-state index is 11.1. The third-order valence-corrected chi connectivity index (χ3v) is 5.21. The number of nitrogens with zero attached hydrogens (tertiary/aromatic N) is 2. The topological polar surface area (TPSA) is 59.3 Å². The van der Waals surface area contributed by atoms with E-state index in [0.717, 1.165) is 22.7 Å². The van der Waals surface area contributed by atoms with Gasteiger partial charge in [0.1, 0.15) is 11.4 Å². The molecule has 2 aromatic carbocycles. The molecule has 2 heterocycles. The van der Waals surface area contributed by atoms with Crippen molar-refractivity contribution in [2.75, 3.05) is 13.2 Å². The molecule has 27 heavy (non-hydrogen) atoms. The van der Waals surface area contributed by atoms with E-state index in [1.807, 2.05) is 48.1 Å². The lowest BCUT2D eigenvalue weighted by molar-refractivity contribution is -0.00238. The normalized spacial score (nSPS) is 18.8. The molecular formula is C22H25N3O2. The van der Waals surface area contributed by atoms with Crippen LogP contribution in [0, 0.1) is 13.8 Å². The average Bonchev–Trinajstić information content (AvgIpc) is 3.10. The Morgan fingerprint density at radius 2 is 2.04 bits per heavy atom. The van der Waals surface area contributed by atoms with Gasteiger partial charge in [-0.2, -0.15) is 5.10 Å². The Hall–Kier alpha value is -2.63. The predicted molar refractivity (Wildman–Crippen MR) is 105 cm³/mol. The summed E-state index contributed by atoms with van der Waals surface area (Å²) in [6.45, 7) is 5.82. The molecule has 0 saturated carbocycles. The molecule has 1 atom stereocenters. The maximum atomic E-state index is 11.1. The van der Waals surface area contributed by atoms with Gasteiger partial charge in [0.05, 0.1) is 18.0 Å². The molecule has 0 aliphatic carbocycles. The van der Waals surface area contributed by atoms with Crippen molar-refractivity contribution in [3.8, 4) is 11.4 Å². The van der Waals surface area contributed by atoms with Crippen LogP contribution in [0.3, 0.4) is 0 Å². The number of hydrogen-bond acceptors (Lipinski definition) is 4. The van der Waals surface area contributed by atoms with E-state index in [2.05, 4.69) is 35.5 Å². The summed E-state index contributed by atoms with van der Waals surface area (Å²) in [7, 11) is 0. The maximum Gasteiger partial charge on any atom is 0.125 e. The molecule has 4 rings (SSSR count). The largest absolute Gasteiger partial charge is 0.493 e. The number of ether oxygens (including phenoxy) is 1. The number of aliphatic hydroxyl groups is 1. The minimum absolute atomic E-state index is 0.493. The molecular weight excluding hydrogens is 338 g/mol. The number of aryl methyl sites for hydroxylation is 2. The van der Waals surface area contributed by atoms with Gasteiger partial charge in [0.15, 0.2) is 0 Å². The highest BCUT2D eigenvalue weighted by Gasteiger charge is 2.35. The second-order valence-corrected chi connectivity index (χ2v) is 7.24. The summed E-state index contributed by atoms with van der Waals surface area (Å²) < 4.78 is 7.55. The van der Waals surface area contributed by atoms with Crippen LogP contribution >= 0.6 is 0 Å². The molecule has 5 heteroatoms. The Kier molecular flexibility index (Phi) is 4.72. The molecule has 140 valence electrons. The summed E-state index contributed by atoms with van der Waals surface area (Å²) in [6, 6.07) is 16.1. The first kappa shape index (κ1) is 17.8. The number of hydrogen-bond donors (Lipinski definition) is 2. The molecule has 1 unspecified atom stereocenters. The number of para-hydroxylation sites is 1. The summed E-state index contributed by atoms with van der Waals surface area (Å²) in [4.78, 5) is 0. The molecule has 5 nitrogen and oxygen atoms in total. The number of fused-ring (bicyclic) bond motifs is 1. The fraction of sp³-hybridized carbons (Fsp3) is 0.318. The van der Waals surface area contributed by atoms with Gasteiger partial charge in [-0.05, 0) is 49.2 Å². The Balaban J connectivity index is 1.44. The molecule has 0 fully saturated rings. The van der Waals surface area contributed by atoms with E-state index in [4.69, 9.17) is 4.74 Å². The van der Waals surface area contributed by atoms with Crippen molar-refractivity contribution in [1.82, 2.24) is 15.1 Å². The van der Waals surface area contributed by atoms with Gasteiger partial charge in [-0.25, -0.2) is 4.68 Å². The van der Waals surface area contributed by atoms with E-state index in [0.29, 0.717) is 26.1 Å². The minimum Gasteiger partial charge on any atom is -0.493 e. The van der Waals surface area contributed by atoms with Gasteiger partial charge in [0, 0.05) is 31.3 Å². The van der Waals surface area contributed by atoms with E-state index >= 15 is 0 Å². The second-order valence-electron chi connectivity index (χ2n) is 7.24. The fourth-order valence-electron chi connectivity index (χ4n) is 3.61. The van der Waals surface area contributed by atoms with Crippen LogP contribution in [0.2, 0.25) is 0 Å². The number of benzene rings is 2. The number of nitrogens with one attached hydrogen (secondary N) is 1. The molecule has 0 amide bonds. The zero-order valence-electron chi connectivity index (χ0n) is 15.8. The lowest BCUT2D eigenvalue weighted by Crippen LogP contribution is -2.41. The molecule has 0 radical (unpaired) electrons. The summed E-state index contributed by atoms with van der Waals surface area (Å²) in [5, 5.41) is 19.0. The van der Waals surface area contributed by atoms with E-state index < -0.39 is 5.60 Å². The van der Waals surface area contributed by atoms with E-state index in [1.54, 1.807) is 0 Å². The highest BCUT2D eigenvalue weighted by molar-refractivity contribution is 5.41. The van der Waals surface area contributed by atoms with Crippen LogP contribution in [-0.4, -0.2) is 28.0 Å². The van der Waals surface area contributed by atoms with Crippen LogP contribution in [0.5, 0.6) is 5.75 Å². The quantitative estimate of drug-likeness (QED) is 0.731. The first-order valence-electron chi connectivity index (χ1n) is 9.33. The van der Waals surface area contributed by atoms with Gasteiger partial charge in [0.25, 0.3) is 0 Å². The van der Waals surface area contributed by atoms with Crippen LogP contribution in [0.25, 0.3) is 5.69 Å². The Labute approximate surface area is 159 Å². The fourth-order valence-corrected chi connectivity index (χ4v) is 3.61. The summed E-state index contributed by atoms with van der Waals surface area (Å²) in [6.07, 6.45) is 2.56. The van der Waals surface area contributed by atoms with Gasteiger partial charge in [-0.3, -0.25) is 0 Å². The van der Waals surface area contributed by atoms with Crippen LogP contribution in [0.15, 0.2) is 54.7 Å². The lowest BCUT2D eigenvalue weighted by atomic mass is 9.88. The molecule has 1 aliphatic heterocycles. The van der Waals surface area contributed by atoms with Crippen molar-refractivity contribution < 1.29 is 9.84 Å². The highest BCUT2D eigenvalue weighted by Crippen LogP contribution is 2.36. The standard InChI is InChI=1S/C22H25N3O2/c1-16-13-19(25-11-9-17(2)24-25)8-7-18(16)14-23-15-22(26)10-12-27-21-6-4-3-5-20(21)22/h3-9,11,13,23,26H,10,12,14-15H2,1-2H3. The molecule has 1 aliphatic rings. The van der Waals surface area contributed by atoms with Crippen LogP contribution in [0.1, 0.15) is 28.8 Å². The van der Waals surface area contributed by atoms with Crippen LogP contribution < -0.4 is 10.1 Å². The smallest absolute Gasteiger partial charge is 0.125 e. The van der Waals surface area contributed by atoms with Crippen molar-refractivity contribution in [3.05, 3.63) is 77.1 Å². The van der Waals surface area contributed by atoms with Gasteiger partial charge >= 0.3 is 0 Å². The SMILES string of the molecule is Cc1ccn(-c2ccc(CNCC3(O)CCOc4ccccc43)c(C)c2)n1. The van der Waals surface area contributed by atoms with E-state index in [9.17, 15) is 5.11 Å². The lowest BCUT2D eigenvalue weighted by Gasteiger charge is -2.34. The Bertz CT molecular complexity index is 950. The van der Waals surface area contributed by atoms with Gasteiger partial charge in [-0.15, -0.1) is 0 Å². The molecule has 2 N–H and O–H groups in total. The molecule has 0 bridgehead atoms. The van der Waals surface area contributed by atoms with Crippen LogP contribution in [-0.2, 0) is 12.1 Å². The van der Waals surface area contributed by atoms with Crippen molar-refractivity contribution in [2.45, 2.75) is 32.4 Å². The molecule has 3 aromatic rings. The number of rotatable bonds is 5. The summed E-state index contributed by atoms with van der Waals surface area (Å²) in [5.74, 6) is 0.781. The average molecular weight is 363 g/mol. The number of aromatic nitrogens is 2. The highest BCUT2D eigenvalue weighted by atomic mass is 16.5. The first-order valence-corrected chi connectivity index (χ1v) is 9.33. The Morgan fingerprint density at radius 3 is 2.81 bits per heavy atom. The second kappa shape index (κ2) is 7.18. The van der Waals surface area contributed by atoms with Crippen molar-refractivity contribution in [2.24, 2.45) is 0 Å². The summed E-state index contributed by atoms with van der Waals surface area (Å²) >= 11 is 0. The molecule has 1 aromatic heterocycles. The first-order chi connectivity index (χ1) is 13.0. The van der Waals surface area contributed by atoms with Gasteiger partial charge in [-0.1, -0.05) is 24.3 Å². The Morgan fingerprint density at radius 1 is 1.19 bits per heavy atom. The third-order valence-electron chi connectivity index (χ3n) is 5.21. The molecule has 0 saturated heterocycles. The monoisotopic (exact) mass is 363 g/mol. The van der Waals surface area contributed by atoms with Gasteiger partial charge in [0.2, 0.25) is 0 Å². The van der Waals surface area contributed by atoms with Crippen molar-refractivity contribution in [3.63, 3.8) is 0 Å².